The Morgan fingerprint density at radius 2 is 0.861 bits per heavy atom. The van der Waals surface area contributed by atoms with E-state index in [1.807, 2.05) is 12.1 Å². The third-order valence-corrected chi connectivity index (χ3v) is 16.2. The first-order valence-electron chi connectivity index (χ1n) is 26.8. The summed E-state index contributed by atoms with van der Waals surface area (Å²) in [6.45, 7) is 19.2. The average Bonchev–Trinajstić information content (AvgIpc) is 3.82. The molecule has 12 rings (SSSR count). The zero-order valence-corrected chi connectivity index (χ0v) is 45.7. The van der Waals surface area contributed by atoms with Crippen molar-refractivity contribution >= 4 is 43.6 Å². The molecule has 0 saturated carbocycles. The Morgan fingerprint density at radius 1 is 0.443 bits per heavy atom. The molecule has 11 aromatic rings. The molecule has 2 heterocycles. The molecule has 4 nitrogen and oxygen atoms in total. The predicted octanol–water partition coefficient (Wildman–Crippen LogP) is 19.8. The van der Waals surface area contributed by atoms with E-state index in [0.29, 0.717) is 28.1 Å². The number of aryl methyl sites for hydroxylation is 6. The van der Waals surface area contributed by atoms with Gasteiger partial charge in [-0.15, -0.1) is 0 Å². The van der Waals surface area contributed by atoms with E-state index in [4.69, 9.17) is 0 Å². The summed E-state index contributed by atoms with van der Waals surface area (Å²) < 4.78 is 48.4. The molecule has 0 spiro atoms. The van der Waals surface area contributed by atoms with Crippen molar-refractivity contribution in [1.82, 2.24) is 9.13 Å². The smallest absolute Gasteiger partial charge is 0.308 e. The first-order chi connectivity index (χ1) is 37.8. The number of fused-ring (bicyclic) bond motifs is 6. The van der Waals surface area contributed by atoms with Crippen molar-refractivity contribution in [2.24, 2.45) is 5.92 Å². The van der Waals surface area contributed by atoms with E-state index >= 15 is 0 Å². The molecule has 0 amide bonds. The van der Waals surface area contributed by atoms with Crippen molar-refractivity contribution in [3.8, 4) is 68.0 Å². The van der Waals surface area contributed by atoms with Crippen LogP contribution in [0.2, 0.25) is 0 Å². The Kier molecular flexibility index (Phi) is 12.2. The van der Waals surface area contributed by atoms with Crippen LogP contribution in [0.1, 0.15) is 82.3 Å². The van der Waals surface area contributed by atoms with Gasteiger partial charge in [0.1, 0.15) is 0 Å². The summed E-state index contributed by atoms with van der Waals surface area (Å²) >= 11 is 0. The molecule has 0 fully saturated rings. The van der Waals surface area contributed by atoms with Crippen molar-refractivity contribution in [2.75, 3.05) is 0 Å². The zero-order valence-electron chi connectivity index (χ0n) is 45.7. The standard InChI is InChI=1S/C72H57F3N4/c1-40-20-41(2)25-54(24-40)50-10-16-65-61(34-50)62-35-51(55-26-42(3)21-43(4)27-55)11-17-66(62)78(65)69-31-49(38-76)32-70(71(69)59-15-14-58(72(73,74)75)33-57(59)39-77)79-67-18-12-52(56-28-44(5)22-45(6)29-56)36-63(67)64-37-53(13-19-68(64)79)60-30-46(7)23-47(8)48(60)9/h10-37,48,60H,1-9H3. The molecule has 79 heavy (non-hydrogen) atoms. The van der Waals surface area contributed by atoms with E-state index in [-0.39, 0.29) is 17.4 Å². The van der Waals surface area contributed by atoms with Crippen LogP contribution >= 0.6 is 0 Å². The summed E-state index contributed by atoms with van der Waals surface area (Å²) in [5.41, 5.74) is 21.4. The van der Waals surface area contributed by atoms with E-state index in [1.54, 1.807) is 0 Å². The van der Waals surface area contributed by atoms with Crippen LogP contribution < -0.4 is 0 Å². The van der Waals surface area contributed by atoms with Gasteiger partial charge in [-0.05, 0) is 173 Å². The largest absolute Gasteiger partial charge is 0.416 e. The number of nitrogens with zero attached hydrogens (tertiary/aromatic N) is 4. The number of benzene rings is 9. The topological polar surface area (TPSA) is 57.4 Å². The van der Waals surface area contributed by atoms with Crippen molar-refractivity contribution in [3.63, 3.8) is 0 Å². The fourth-order valence-electron chi connectivity index (χ4n) is 12.7. The van der Waals surface area contributed by atoms with E-state index in [0.717, 1.165) is 128 Å². The van der Waals surface area contributed by atoms with Gasteiger partial charge in [-0.2, -0.15) is 23.7 Å². The minimum absolute atomic E-state index is 0.117. The second-order valence-electron chi connectivity index (χ2n) is 22.3. The van der Waals surface area contributed by atoms with E-state index in [2.05, 4.69) is 223 Å². The fourth-order valence-corrected chi connectivity index (χ4v) is 12.7. The van der Waals surface area contributed by atoms with Crippen LogP contribution in [0.5, 0.6) is 0 Å². The third-order valence-electron chi connectivity index (χ3n) is 16.2. The molecule has 0 bridgehead atoms. The number of nitriles is 2. The summed E-state index contributed by atoms with van der Waals surface area (Å²) in [4.78, 5) is 0. The van der Waals surface area contributed by atoms with E-state index in [9.17, 15) is 23.7 Å². The third kappa shape index (κ3) is 8.90. The molecule has 386 valence electrons. The van der Waals surface area contributed by atoms with Crippen molar-refractivity contribution in [3.05, 3.63) is 237 Å². The lowest BCUT2D eigenvalue weighted by molar-refractivity contribution is -0.137. The normalized spacial score (nSPS) is 14.7. The molecule has 2 atom stereocenters. The van der Waals surface area contributed by atoms with Gasteiger partial charge in [0.2, 0.25) is 0 Å². The molecule has 9 aromatic carbocycles. The molecule has 0 aliphatic heterocycles. The Labute approximate surface area is 459 Å². The van der Waals surface area contributed by atoms with E-state index < -0.39 is 11.7 Å². The molecule has 0 N–H and O–H groups in total. The van der Waals surface area contributed by atoms with Gasteiger partial charge in [0.15, 0.2) is 0 Å². The van der Waals surface area contributed by atoms with Crippen molar-refractivity contribution in [2.45, 2.75) is 74.4 Å². The maximum atomic E-state index is 14.7. The van der Waals surface area contributed by atoms with Crippen LogP contribution in [-0.4, -0.2) is 9.13 Å². The molecule has 2 aromatic heterocycles. The quantitative estimate of drug-likeness (QED) is 0.160. The average molecular weight is 1040 g/mol. The fraction of sp³-hybridized carbons (Fsp3) is 0.167. The monoisotopic (exact) mass is 1030 g/mol. The first kappa shape index (κ1) is 50.6. The second-order valence-corrected chi connectivity index (χ2v) is 22.3. The lowest BCUT2D eigenvalue weighted by Crippen LogP contribution is -2.13. The summed E-state index contributed by atoms with van der Waals surface area (Å²) in [7, 11) is 0. The van der Waals surface area contributed by atoms with Gasteiger partial charge >= 0.3 is 6.18 Å². The zero-order chi connectivity index (χ0) is 55.3. The summed E-state index contributed by atoms with van der Waals surface area (Å²) in [6.07, 6.45) is -0.107. The summed E-state index contributed by atoms with van der Waals surface area (Å²) in [6, 6.07) is 57.4. The van der Waals surface area contributed by atoms with Crippen LogP contribution in [0.4, 0.5) is 13.2 Å². The SMILES string of the molecule is CC1=CC(c2ccc3c(c2)c2cc(-c4cc(C)cc(C)c4)ccc2n3-c2cc(C#N)cc(-n3c4ccc(-c5cc(C)cc(C)c5)cc4c4cc(-c5cc(C)cc(C)c5)ccc43)c2-c2ccc(C(F)(F)F)cc2C#N)C(C)C(C)=C1. The molecular formula is C72H57F3N4. The number of alkyl halides is 3. The summed E-state index contributed by atoms with van der Waals surface area (Å²) in [5, 5.41) is 26.2. The number of allylic oxidation sites excluding steroid dienone is 4. The van der Waals surface area contributed by atoms with Crippen molar-refractivity contribution in [1.29, 1.82) is 10.5 Å². The number of halogens is 3. The maximum Gasteiger partial charge on any atom is 0.416 e. The molecule has 1 aliphatic rings. The molecule has 7 heteroatoms. The van der Waals surface area contributed by atoms with Gasteiger partial charge in [-0.25, -0.2) is 0 Å². The lowest BCUT2D eigenvalue weighted by Gasteiger charge is -2.27. The number of rotatable bonds is 7. The highest BCUT2D eigenvalue weighted by Crippen LogP contribution is 2.47. The van der Waals surface area contributed by atoms with Gasteiger partial charge in [0, 0.05) is 38.6 Å². The van der Waals surface area contributed by atoms with Gasteiger partial charge in [-0.3, -0.25) is 0 Å². The van der Waals surface area contributed by atoms with Crippen molar-refractivity contribution < 1.29 is 13.2 Å². The van der Waals surface area contributed by atoms with E-state index in [1.165, 1.54) is 17.2 Å². The van der Waals surface area contributed by atoms with Gasteiger partial charge in [0.25, 0.3) is 0 Å². The molecule has 0 saturated heterocycles. The Morgan fingerprint density at radius 3 is 1.27 bits per heavy atom. The minimum Gasteiger partial charge on any atom is -0.308 e. The number of aromatic nitrogens is 2. The number of hydrogen-bond acceptors (Lipinski definition) is 2. The minimum atomic E-state index is -4.70. The second kappa shape index (κ2) is 19.1. The highest BCUT2D eigenvalue weighted by atomic mass is 19.4. The highest BCUT2D eigenvalue weighted by Gasteiger charge is 2.33. The van der Waals surface area contributed by atoms with Crippen LogP contribution in [0, 0.1) is 70.1 Å². The Bertz CT molecular complexity index is 4390. The van der Waals surface area contributed by atoms with Gasteiger partial charge < -0.3 is 9.13 Å². The van der Waals surface area contributed by atoms with Gasteiger partial charge in [0.05, 0.1) is 62.3 Å². The molecule has 0 radical (unpaired) electrons. The summed E-state index contributed by atoms with van der Waals surface area (Å²) in [5.74, 6) is 0.372. The lowest BCUT2D eigenvalue weighted by atomic mass is 9.78. The number of hydrogen-bond donors (Lipinski definition) is 0. The Balaban J connectivity index is 1.22. The molecular weight excluding hydrogens is 978 g/mol. The molecule has 2 unspecified atom stereocenters. The maximum absolute atomic E-state index is 14.7. The van der Waals surface area contributed by atoms with Crippen LogP contribution in [0.3, 0.4) is 0 Å². The van der Waals surface area contributed by atoms with Crippen LogP contribution in [0.25, 0.3) is 99.5 Å². The van der Waals surface area contributed by atoms with Crippen LogP contribution in [-0.2, 0) is 6.18 Å². The predicted molar refractivity (Wildman–Crippen MR) is 319 cm³/mol. The Hall–Kier alpha value is -9.17. The highest BCUT2D eigenvalue weighted by molar-refractivity contribution is 6.14. The molecule has 1 aliphatic carbocycles. The first-order valence-corrected chi connectivity index (χ1v) is 26.8. The van der Waals surface area contributed by atoms with Gasteiger partial charge in [-0.1, -0.05) is 149 Å². The van der Waals surface area contributed by atoms with Crippen LogP contribution in [0.15, 0.2) is 181 Å².